The van der Waals surface area contributed by atoms with Gasteiger partial charge in [-0.25, -0.2) is 0 Å². The molecule has 0 saturated carbocycles. The van der Waals surface area contributed by atoms with Gasteiger partial charge in [-0.2, -0.15) is 4.98 Å². The average molecular weight is 350 g/mol. The summed E-state index contributed by atoms with van der Waals surface area (Å²) in [4.78, 5) is 8.73. The van der Waals surface area contributed by atoms with Crippen LogP contribution in [0, 0.1) is 0 Å². The number of aromatic nitrogens is 2. The summed E-state index contributed by atoms with van der Waals surface area (Å²) < 4.78 is 5.45. The molecule has 1 aliphatic heterocycles. The fraction of sp³-hybridized carbons (Fsp3) is 0.300. The molecular weight excluding hydrogens is 328 g/mol. The Bertz CT molecular complexity index is 822. The first kappa shape index (κ1) is 16.8. The summed E-state index contributed by atoms with van der Waals surface area (Å²) in [7, 11) is 0. The molecule has 0 unspecified atom stereocenters. The highest BCUT2D eigenvalue weighted by Gasteiger charge is 2.25. The second-order valence-electron chi connectivity index (χ2n) is 6.59. The summed E-state index contributed by atoms with van der Waals surface area (Å²) in [5.41, 5.74) is 2.17. The molecule has 0 amide bonds. The molecule has 1 saturated heterocycles. The number of aliphatic hydroxyl groups is 1. The summed E-state index contributed by atoms with van der Waals surface area (Å²) in [6.45, 7) is 3.51. The Morgan fingerprint density at radius 3 is 2.46 bits per heavy atom. The molecule has 0 radical (unpaired) electrons. The first-order chi connectivity index (χ1) is 12.8. The second-order valence-corrected chi connectivity index (χ2v) is 6.59. The highest BCUT2D eigenvalue weighted by Crippen LogP contribution is 2.21. The van der Waals surface area contributed by atoms with Gasteiger partial charge in [0.05, 0.1) is 6.10 Å². The molecule has 1 atom stereocenters. The summed E-state index contributed by atoms with van der Waals surface area (Å²) in [5.74, 6) is 0.570. The van der Waals surface area contributed by atoms with Gasteiger partial charge in [-0.3, -0.25) is 4.90 Å². The lowest BCUT2D eigenvalue weighted by atomic mass is 10.2. The minimum atomic E-state index is -0.465. The zero-order chi connectivity index (χ0) is 17.8. The van der Waals surface area contributed by atoms with E-state index in [-0.39, 0.29) is 0 Å². The Morgan fingerprint density at radius 2 is 1.69 bits per heavy atom. The molecule has 3 aromatic rings. The van der Waals surface area contributed by atoms with Gasteiger partial charge in [-0.1, -0.05) is 65.8 Å². The third kappa shape index (κ3) is 3.92. The lowest BCUT2D eigenvalue weighted by Crippen LogP contribution is -2.33. The number of benzene rings is 2. The quantitative estimate of drug-likeness (QED) is 0.780. The lowest BCUT2D eigenvalue weighted by molar-refractivity contribution is 0.129. The zero-order valence-electron chi connectivity index (χ0n) is 14.5. The molecule has 1 fully saturated rings. The molecule has 1 aromatic heterocycles. The SMILES string of the molecule is O[C@@H]1CN(Cc2ccccc2)CCN(c2nc(-c3ccccc3)no2)C1. The van der Waals surface area contributed by atoms with E-state index in [1.54, 1.807) is 0 Å². The van der Waals surface area contributed by atoms with Crippen LogP contribution >= 0.6 is 0 Å². The Balaban J connectivity index is 1.45. The number of anilines is 1. The van der Waals surface area contributed by atoms with E-state index in [9.17, 15) is 5.11 Å². The van der Waals surface area contributed by atoms with Crippen molar-refractivity contribution in [3.8, 4) is 11.4 Å². The molecule has 2 aromatic carbocycles. The molecular formula is C20H22N4O2. The third-order valence-corrected chi connectivity index (χ3v) is 4.55. The third-order valence-electron chi connectivity index (χ3n) is 4.55. The molecule has 0 aliphatic carbocycles. The van der Waals surface area contributed by atoms with Crippen molar-refractivity contribution in [1.29, 1.82) is 0 Å². The van der Waals surface area contributed by atoms with E-state index in [1.807, 2.05) is 53.4 Å². The lowest BCUT2D eigenvalue weighted by Gasteiger charge is -2.21. The Kier molecular flexibility index (Phi) is 4.95. The van der Waals surface area contributed by atoms with Gasteiger partial charge >= 0.3 is 6.01 Å². The van der Waals surface area contributed by atoms with Crippen molar-refractivity contribution in [2.45, 2.75) is 12.6 Å². The van der Waals surface area contributed by atoms with Gasteiger partial charge in [0.2, 0.25) is 5.82 Å². The molecule has 134 valence electrons. The van der Waals surface area contributed by atoms with Crippen molar-refractivity contribution in [2.24, 2.45) is 0 Å². The molecule has 6 heteroatoms. The molecule has 2 heterocycles. The monoisotopic (exact) mass is 350 g/mol. The van der Waals surface area contributed by atoms with E-state index in [2.05, 4.69) is 27.2 Å². The van der Waals surface area contributed by atoms with E-state index < -0.39 is 6.10 Å². The van der Waals surface area contributed by atoms with Crippen molar-refractivity contribution < 1.29 is 9.63 Å². The van der Waals surface area contributed by atoms with Gasteiger partial charge in [-0.15, -0.1) is 0 Å². The zero-order valence-corrected chi connectivity index (χ0v) is 14.5. The van der Waals surface area contributed by atoms with Crippen LogP contribution in [0.25, 0.3) is 11.4 Å². The van der Waals surface area contributed by atoms with Gasteiger partial charge in [0.15, 0.2) is 0 Å². The maximum atomic E-state index is 10.4. The van der Waals surface area contributed by atoms with Gasteiger partial charge in [0.25, 0.3) is 0 Å². The summed E-state index contributed by atoms with van der Waals surface area (Å²) in [5, 5.41) is 14.5. The largest absolute Gasteiger partial charge is 0.390 e. The highest BCUT2D eigenvalue weighted by molar-refractivity contribution is 5.55. The minimum Gasteiger partial charge on any atom is -0.390 e. The van der Waals surface area contributed by atoms with E-state index >= 15 is 0 Å². The van der Waals surface area contributed by atoms with E-state index in [0.29, 0.717) is 24.9 Å². The number of nitrogens with zero attached hydrogens (tertiary/aromatic N) is 4. The molecule has 0 spiro atoms. The van der Waals surface area contributed by atoms with Crippen LogP contribution in [0.5, 0.6) is 0 Å². The average Bonchev–Trinajstić information content (AvgIpc) is 3.09. The van der Waals surface area contributed by atoms with Crippen LogP contribution < -0.4 is 4.90 Å². The predicted molar refractivity (Wildman–Crippen MR) is 99.7 cm³/mol. The van der Waals surface area contributed by atoms with E-state index in [1.165, 1.54) is 5.56 Å². The van der Waals surface area contributed by atoms with Crippen molar-refractivity contribution in [2.75, 3.05) is 31.1 Å². The summed E-state index contributed by atoms with van der Waals surface area (Å²) in [6.07, 6.45) is -0.465. The van der Waals surface area contributed by atoms with E-state index in [4.69, 9.17) is 4.52 Å². The number of β-amino-alcohol motifs (C(OH)–C–C–N with tert-alkyl or cyclic N) is 1. The molecule has 26 heavy (non-hydrogen) atoms. The first-order valence-electron chi connectivity index (χ1n) is 8.86. The number of hydrogen-bond donors (Lipinski definition) is 1. The summed E-state index contributed by atoms with van der Waals surface area (Å²) >= 11 is 0. The maximum absolute atomic E-state index is 10.4. The van der Waals surface area contributed by atoms with Gasteiger partial charge in [-0.05, 0) is 5.56 Å². The van der Waals surface area contributed by atoms with Crippen LogP contribution in [0.4, 0.5) is 6.01 Å². The topological polar surface area (TPSA) is 65.6 Å². The molecule has 1 N–H and O–H groups in total. The van der Waals surface area contributed by atoms with E-state index in [0.717, 1.165) is 25.2 Å². The number of aliphatic hydroxyl groups excluding tert-OH is 1. The van der Waals surface area contributed by atoms with Crippen LogP contribution in [0.15, 0.2) is 65.2 Å². The van der Waals surface area contributed by atoms with Crippen LogP contribution in [-0.2, 0) is 6.54 Å². The minimum absolute atomic E-state index is 0.462. The Morgan fingerprint density at radius 1 is 0.962 bits per heavy atom. The van der Waals surface area contributed by atoms with Crippen LogP contribution in [0.2, 0.25) is 0 Å². The highest BCUT2D eigenvalue weighted by atomic mass is 16.5. The first-order valence-corrected chi connectivity index (χ1v) is 8.86. The van der Waals surface area contributed by atoms with Crippen molar-refractivity contribution >= 4 is 6.01 Å². The second kappa shape index (κ2) is 7.68. The van der Waals surface area contributed by atoms with Crippen LogP contribution in [0.3, 0.4) is 0 Å². The number of rotatable bonds is 4. The van der Waals surface area contributed by atoms with Crippen molar-refractivity contribution in [3.63, 3.8) is 0 Å². The predicted octanol–water partition coefficient (Wildman–Crippen LogP) is 2.42. The van der Waals surface area contributed by atoms with Gasteiger partial charge < -0.3 is 14.5 Å². The normalized spacial score (nSPS) is 18.7. The van der Waals surface area contributed by atoms with Crippen LogP contribution in [0.1, 0.15) is 5.56 Å². The fourth-order valence-corrected chi connectivity index (χ4v) is 3.26. The van der Waals surface area contributed by atoms with Crippen LogP contribution in [-0.4, -0.2) is 52.4 Å². The number of hydrogen-bond acceptors (Lipinski definition) is 6. The van der Waals surface area contributed by atoms with Crippen molar-refractivity contribution in [1.82, 2.24) is 15.0 Å². The standard InChI is InChI=1S/C20H22N4O2/c25-18-14-23(13-16-7-3-1-4-8-16)11-12-24(15-18)20-21-19(22-26-20)17-9-5-2-6-10-17/h1-10,18,25H,11-15H2/t18-/m1/s1. The van der Waals surface area contributed by atoms with Gasteiger partial charge in [0.1, 0.15) is 0 Å². The Labute approximate surface area is 152 Å². The molecule has 1 aliphatic rings. The fourth-order valence-electron chi connectivity index (χ4n) is 3.26. The molecule has 6 nitrogen and oxygen atoms in total. The smallest absolute Gasteiger partial charge is 0.324 e. The summed E-state index contributed by atoms with van der Waals surface area (Å²) in [6, 6.07) is 20.5. The van der Waals surface area contributed by atoms with Gasteiger partial charge in [0, 0.05) is 38.3 Å². The molecule has 4 rings (SSSR count). The molecule has 0 bridgehead atoms. The Hall–Kier alpha value is -2.70. The van der Waals surface area contributed by atoms with Crippen molar-refractivity contribution in [3.05, 3.63) is 66.2 Å². The maximum Gasteiger partial charge on any atom is 0.324 e.